The average Bonchev–Trinajstić information content (AvgIpc) is 2.73. The minimum absolute atomic E-state index is 0.613. The fourth-order valence-electron chi connectivity index (χ4n) is 4.47. The lowest BCUT2D eigenvalue weighted by Gasteiger charge is -2.23. The molecule has 152 valence electrons. The maximum atomic E-state index is 6.36. The van der Waals surface area contributed by atoms with E-state index in [9.17, 15) is 0 Å². The van der Waals surface area contributed by atoms with Gasteiger partial charge in [0.05, 0.1) is 0 Å². The van der Waals surface area contributed by atoms with Crippen molar-refractivity contribution in [3.8, 4) is 5.75 Å². The Morgan fingerprint density at radius 1 is 0.828 bits per heavy atom. The third kappa shape index (κ3) is 5.19. The molecule has 0 bridgehead atoms. The fourth-order valence-corrected chi connectivity index (χ4v) is 4.47. The molecule has 0 saturated heterocycles. The van der Waals surface area contributed by atoms with Crippen molar-refractivity contribution in [2.75, 3.05) is 0 Å². The van der Waals surface area contributed by atoms with Gasteiger partial charge in [-0.15, -0.1) is 0 Å². The van der Waals surface area contributed by atoms with Crippen LogP contribution < -0.4 is 10.1 Å². The van der Waals surface area contributed by atoms with E-state index >= 15 is 0 Å². The van der Waals surface area contributed by atoms with Gasteiger partial charge in [0.25, 0.3) is 0 Å². The zero-order valence-corrected chi connectivity index (χ0v) is 17.6. The van der Waals surface area contributed by atoms with Gasteiger partial charge in [0, 0.05) is 18.2 Å². The third-order valence-electron chi connectivity index (χ3n) is 6.31. The minimum Gasteiger partial charge on any atom is -0.489 e. The molecule has 1 N–H and O–H groups in total. The highest BCUT2D eigenvalue weighted by atomic mass is 16.5. The Morgan fingerprint density at radius 2 is 1.55 bits per heavy atom. The van der Waals surface area contributed by atoms with Gasteiger partial charge in [0.15, 0.2) is 0 Å². The molecule has 0 aromatic heterocycles. The Morgan fingerprint density at radius 3 is 2.38 bits per heavy atom. The molecule has 1 fully saturated rings. The summed E-state index contributed by atoms with van der Waals surface area (Å²) in [6.07, 6.45) is 9.48. The molecule has 1 aliphatic carbocycles. The molecular weight excluding hydrogens is 354 g/mol. The van der Waals surface area contributed by atoms with E-state index < -0.39 is 0 Å². The lowest BCUT2D eigenvalue weighted by atomic mass is 9.96. The molecule has 0 aliphatic heterocycles. The van der Waals surface area contributed by atoms with Gasteiger partial charge in [-0.2, -0.15) is 0 Å². The molecule has 0 atom stereocenters. The Kier molecular flexibility index (Phi) is 6.84. The Hall–Kier alpha value is -2.32. The standard InChI is InChI=1S/C27H33NO/c1-21-11-7-8-13-23(21)20-29-27-18-17-22-12-9-10-16-25(22)26(27)19-28-24-14-5-3-2-4-6-15-24/h7-13,16-18,24,28H,2-6,14-15,19-20H2,1H3. The van der Waals surface area contributed by atoms with E-state index in [2.05, 4.69) is 72.9 Å². The van der Waals surface area contributed by atoms with E-state index in [4.69, 9.17) is 4.74 Å². The molecule has 0 heterocycles. The minimum atomic E-state index is 0.613. The van der Waals surface area contributed by atoms with Crippen LogP contribution in [0.4, 0.5) is 0 Å². The molecule has 1 saturated carbocycles. The van der Waals surface area contributed by atoms with Gasteiger partial charge in [0.1, 0.15) is 12.4 Å². The van der Waals surface area contributed by atoms with Crippen LogP contribution in [0.2, 0.25) is 0 Å². The van der Waals surface area contributed by atoms with Gasteiger partial charge in [-0.3, -0.25) is 0 Å². The summed E-state index contributed by atoms with van der Waals surface area (Å²) in [6.45, 7) is 3.63. The second-order valence-corrected chi connectivity index (χ2v) is 8.40. The summed E-state index contributed by atoms with van der Waals surface area (Å²) in [5.41, 5.74) is 3.82. The van der Waals surface area contributed by atoms with E-state index in [1.807, 2.05) is 0 Å². The van der Waals surface area contributed by atoms with Crippen molar-refractivity contribution in [2.45, 2.75) is 71.1 Å². The number of nitrogens with one attached hydrogen (secondary N) is 1. The van der Waals surface area contributed by atoms with Crippen LogP contribution >= 0.6 is 0 Å². The number of benzene rings is 3. The normalized spacial score (nSPS) is 15.8. The molecule has 4 rings (SSSR count). The van der Waals surface area contributed by atoms with Gasteiger partial charge in [-0.25, -0.2) is 0 Å². The molecule has 2 nitrogen and oxygen atoms in total. The first kappa shape index (κ1) is 20.0. The van der Waals surface area contributed by atoms with Crippen LogP contribution in [-0.4, -0.2) is 6.04 Å². The first-order valence-corrected chi connectivity index (χ1v) is 11.2. The second kappa shape index (κ2) is 9.93. The van der Waals surface area contributed by atoms with Crippen molar-refractivity contribution in [3.63, 3.8) is 0 Å². The van der Waals surface area contributed by atoms with E-state index in [1.165, 1.54) is 72.4 Å². The van der Waals surface area contributed by atoms with E-state index in [0.29, 0.717) is 12.6 Å². The SMILES string of the molecule is Cc1ccccc1COc1ccc2ccccc2c1CNC1CCCCCCC1. The fraction of sp³-hybridized carbons (Fsp3) is 0.407. The highest BCUT2D eigenvalue weighted by Gasteiger charge is 2.14. The first-order valence-electron chi connectivity index (χ1n) is 11.2. The predicted molar refractivity (Wildman–Crippen MR) is 122 cm³/mol. The average molecular weight is 388 g/mol. The number of rotatable bonds is 6. The van der Waals surface area contributed by atoms with Crippen molar-refractivity contribution >= 4 is 10.8 Å². The maximum Gasteiger partial charge on any atom is 0.124 e. The molecule has 0 radical (unpaired) electrons. The van der Waals surface area contributed by atoms with E-state index in [-0.39, 0.29) is 0 Å². The number of ether oxygens (including phenoxy) is 1. The molecule has 2 heteroatoms. The summed E-state index contributed by atoms with van der Waals surface area (Å²) in [5.74, 6) is 1.00. The highest BCUT2D eigenvalue weighted by molar-refractivity contribution is 5.87. The molecule has 0 unspecified atom stereocenters. The third-order valence-corrected chi connectivity index (χ3v) is 6.31. The molecule has 29 heavy (non-hydrogen) atoms. The van der Waals surface area contributed by atoms with Crippen LogP contribution in [0.3, 0.4) is 0 Å². The number of hydrogen-bond donors (Lipinski definition) is 1. The molecule has 1 aliphatic rings. The molecule has 0 amide bonds. The highest BCUT2D eigenvalue weighted by Crippen LogP contribution is 2.29. The quantitative estimate of drug-likeness (QED) is 0.495. The predicted octanol–water partition coefficient (Wildman–Crippen LogP) is 6.93. The van der Waals surface area contributed by atoms with Crippen LogP contribution in [0.15, 0.2) is 60.7 Å². The summed E-state index contributed by atoms with van der Waals surface area (Å²) in [6, 6.07) is 22.1. The van der Waals surface area contributed by atoms with Crippen molar-refractivity contribution in [3.05, 3.63) is 77.4 Å². The number of hydrogen-bond acceptors (Lipinski definition) is 2. The zero-order valence-electron chi connectivity index (χ0n) is 17.6. The topological polar surface area (TPSA) is 21.3 Å². The second-order valence-electron chi connectivity index (χ2n) is 8.40. The van der Waals surface area contributed by atoms with Crippen molar-refractivity contribution in [1.29, 1.82) is 0 Å². The molecular formula is C27H33NO. The summed E-state index contributed by atoms with van der Waals surface area (Å²) in [5, 5.41) is 6.45. The Labute approximate surface area is 175 Å². The molecule has 0 spiro atoms. The molecule has 3 aromatic carbocycles. The number of aryl methyl sites for hydroxylation is 1. The van der Waals surface area contributed by atoms with Crippen LogP contribution in [0, 0.1) is 6.92 Å². The zero-order chi connectivity index (χ0) is 19.9. The van der Waals surface area contributed by atoms with Crippen LogP contribution in [0.5, 0.6) is 5.75 Å². The Balaban J connectivity index is 1.54. The summed E-state index contributed by atoms with van der Waals surface area (Å²) in [7, 11) is 0. The first-order chi connectivity index (χ1) is 14.3. The van der Waals surface area contributed by atoms with Crippen molar-refractivity contribution in [2.24, 2.45) is 0 Å². The Bertz CT molecular complexity index is 925. The van der Waals surface area contributed by atoms with Gasteiger partial charge in [-0.05, 0) is 47.7 Å². The van der Waals surface area contributed by atoms with E-state index in [1.54, 1.807) is 0 Å². The van der Waals surface area contributed by atoms with Crippen LogP contribution in [0.25, 0.3) is 10.8 Å². The summed E-state index contributed by atoms with van der Waals surface area (Å²) >= 11 is 0. The van der Waals surface area contributed by atoms with Gasteiger partial charge < -0.3 is 10.1 Å². The lowest BCUT2D eigenvalue weighted by molar-refractivity contribution is 0.300. The van der Waals surface area contributed by atoms with Crippen molar-refractivity contribution in [1.82, 2.24) is 5.32 Å². The summed E-state index contributed by atoms with van der Waals surface area (Å²) < 4.78 is 6.36. The van der Waals surface area contributed by atoms with Gasteiger partial charge in [0.2, 0.25) is 0 Å². The van der Waals surface area contributed by atoms with Crippen molar-refractivity contribution < 1.29 is 4.74 Å². The van der Waals surface area contributed by atoms with E-state index in [0.717, 1.165) is 12.3 Å². The number of fused-ring (bicyclic) bond motifs is 1. The monoisotopic (exact) mass is 387 g/mol. The summed E-state index contributed by atoms with van der Waals surface area (Å²) in [4.78, 5) is 0. The largest absolute Gasteiger partial charge is 0.489 e. The smallest absolute Gasteiger partial charge is 0.124 e. The maximum absolute atomic E-state index is 6.36. The molecule has 3 aromatic rings. The van der Waals surface area contributed by atoms with Gasteiger partial charge >= 0.3 is 0 Å². The lowest BCUT2D eigenvalue weighted by Crippen LogP contribution is -2.29. The van der Waals surface area contributed by atoms with Crippen LogP contribution in [-0.2, 0) is 13.2 Å². The van der Waals surface area contributed by atoms with Gasteiger partial charge in [-0.1, -0.05) is 86.7 Å². The van der Waals surface area contributed by atoms with Crippen LogP contribution in [0.1, 0.15) is 61.6 Å².